The Kier molecular flexibility index (Phi) is 7.40. The molecule has 0 amide bonds. The topological polar surface area (TPSA) is 62.6 Å². The second kappa shape index (κ2) is 11.0. The minimum atomic E-state index is -0.0727. The normalized spacial score (nSPS) is 10.9. The van der Waals surface area contributed by atoms with Gasteiger partial charge in [-0.05, 0) is 67.1 Å². The second-order valence-corrected chi connectivity index (χ2v) is 7.45. The average Bonchev–Trinajstić information content (AvgIpc) is 3.42. The summed E-state index contributed by atoms with van der Waals surface area (Å²) in [5.41, 5.74) is 3.31. The number of benzene rings is 3. The molecule has 0 bridgehead atoms. The van der Waals surface area contributed by atoms with Gasteiger partial charge in [0.1, 0.15) is 12.4 Å². The Bertz CT molecular complexity index is 1260. The minimum absolute atomic E-state index is 0.0727. The summed E-state index contributed by atoms with van der Waals surface area (Å²) >= 11 is 0. The van der Waals surface area contributed by atoms with Gasteiger partial charge in [0.2, 0.25) is 0 Å². The Morgan fingerprint density at radius 2 is 1.74 bits per heavy atom. The number of allylic oxidation sites excluding steroid dienone is 1. The molecule has 0 radical (unpaired) electrons. The molecule has 0 atom stereocenters. The maximum absolute atomic E-state index is 12.7. The van der Waals surface area contributed by atoms with Crippen LogP contribution in [0.3, 0.4) is 0 Å². The first-order chi connectivity index (χ1) is 16.7. The zero-order valence-corrected chi connectivity index (χ0v) is 19.2. The van der Waals surface area contributed by atoms with Crippen molar-refractivity contribution >= 4 is 11.9 Å². The second-order valence-electron chi connectivity index (χ2n) is 7.45. The first kappa shape index (κ1) is 22.9. The number of methoxy groups -OCH3 is 1. The van der Waals surface area contributed by atoms with Gasteiger partial charge < -0.3 is 18.8 Å². The van der Waals surface area contributed by atoms with Gasteiger partial charge in [0.25, 0.3) is 0 Å². The van der Waals surface area contributed by atoms with Gasteiger partial charge in [0, 0.05) is 29.2 Å². The van der Waals surface area contributed by atoms with E-state index in [0.717, 1.165) is 16.8 Å². The van der Waals surface area contributed by atoms with Crippen LogP contribution in [0, 0.1) is 0 Å². The number of rotatable bonds is 10. The number of para-hydroxylation sites is 2. The van der Waals surface area contributed by atoms with E-state index in [4.69, 9.17) is 14.2 Å². The predicted octanol–water partition coefficient (Wildman–Crippen LogP) is 5.75. The highest BCUT2D eigenvalue weighted by Crippen LogP contribution is 2.29. The molecule has 0 aliphatic carbocycles. The Morgan fingerprint density at radius 3 is 2.41 bits per heavy atom. The van der Waals surface area contributed by atoms with E-state index in [1.807, 2.05) is 84.4 Å². The van der Waals surface area contributed by atoms with Crippen LogP contribution >= 0.6 is 0 Å². The van der Waals surface area contributed by atoms with Crippen molar-refractivity contribution in [1.29, 1.82) is 0 Å². The zero-order chi connectivity index (χ0) is 23.8. The third-order valence-electron chi connectivity index (χ3n) is 5.22. The minimum Gasteiger partial charge on any atom is -0.496 e. The molecule has 4 aromatic rings. The van der Waals surface area contributed by atoms with E-state index in [1.165, 1.54) is 0 Å². The first-order valence-corrected chi connectivity index (χ1v) is 11.0. The van der Waals surface area contributed by atoms with Crippen LogP contribution in [0.2, 0.25) is 0 Å². The summed E-state index contributed by atoms with van der Waals surface area (Å²) in [6.45, 7) is 2.80. The van der Waals surface area contributed by atoms with Crippen LogP contribution in [0.25, 0.3) is 11.8 Å². The summed E-state index contributed by atoms with van der Waals surface area (Å²) in [6.07, 6.45) is 8.66. The van der Waals surface area contributed by atoms with Crippen molar-refractivity contribution in [2.24, 2.45) is 0 Å². The van der Waals surface area contributed by atoms with Gasteiger partial charge in [0.05, 0.1) is 20.0 Å². The molecule has 0 unspecified atom stereocenters. The molecule has 0 N–H and O–H groups in total. The fourth-order valence-corrected chi connectivity index (χ4v) is 3.49. The van der Waals surface area contributed by atoms with Crippen LogP contribution in [0.5, 0.6) is 17.2 Å². The number of hydrogen-bond acceptors (Lipinski definition) is 5. The quantitative estimate of drug-likeness (QED) is 0.225. The maximum Gasteiger partial charge on any atom is 0.185 e. The molecule has 0 spiro atoms. The molecule has 0 aliphatic heterocycles. The number of ketones is 1. The van der Waals surface area contributed by atoms with E-state index in [-0.39, 0.29) is 5.78 Å². The Labute approximate surface area is 199 Å². The zero-order valence-electron chi connectivity index (χ0n) is 19.2. The fourth-order valence-electron chi connectivity index (χ4n) is 3.49. The maximum atomic E-state index is 12.7. The van der Waals surface area contributed by atoms with Crippen molar-refractivity contribution in [3.05, 3.63) is 108 Å². The van der Waals surface area contributed by atoms with Crippen molar-refractivity contribution < 1.29 is 19.0 Å². The molecule has 1 heterocycles. The fraction of sp³-hybridized carbons (Fsp3) is 0.143. The number of imidazole rings is 1. The third-order valence-corrected chi connectivity index (χ3v) is 5.22. The van der Waals surface area contributed by atoms with Crippen LogP contribution in [-0.4, -0.2) is 29.1 Å². The Morgan fingerprint density at radius 1 is 0.971 bits per heavy atom. The summed E-state index contributed by atoms with van der Waals surface area (Å²) in [5, 5.41) is 0. The average molecular weight is 455 g/mol. The molecule has 0 saturated carbocycles. The smallest absolute Gasteiger partial charge is 0.185 e. The molecular formula is C28H26N2O4. The monoisotopic (exact) mass is 454 g/mol. The molecule has 1 aromatic heterocycles. The highest BCUT2D eigenvalue weighted by Gasteiger charge is 2.09. The molecule has 6 heteroatoms. The van der Waals surface area contributed by atoms with Gasteiger partial charge in [-0.25, -0.2) is 4.98 Å². The van der Waals surface area contributed by atoms with Crippen molar-refractivity contribution in [2.45, 2.75) is 13.5 Å². The lowest BCUT2D eigenvalue weighted by molar-refractivity contribution is 0.104. The van der Waals surface area contributed by atoms with E-state index in [9.17, 15) is 4.79 Å². The lowest BCUT2D eigenvalue weighted by Gasteiger charge is -2.14. The lowest BCUT2D eigenvalue weighted by atomic mass is 10.1. The van der Waals surface area contributed by atoms with Crippen LogP contribution in [0.15, 0.2) is 91.5 Å². The highest BCUT2D eigenvalue weighted by molar-refractivity contribution is 6.06. The van der Waals surface area contributed by atoms with Crippen molar-refractivity contribution in [2.75, 3.05) is 13.7 Å². The van der Waals surface area contributed by atoms with Gasteiger partial charge in [-0.1, -0.05) is 24.3 Å². The van der Waals surface area contributed by atoms with Gasteiger partial charge in [-0.15, -0.1) is 0 Å². The number of hydrogen-bond donors (Lipinski definition) is 0. The molecule has 0 fully saturated rings. The number of nitrogens with zero attached hydrogens (tertiary/aromatic N) is 2. The standard InChI is InChI=1S/C28H26N2O4/c1-3-33-27-6-4-5-7-28(27)34-19-23-18-21(9-15-26(23)32-2)8-14-25(31)22-10-12-24(13-11-22)30-17-16-29-20-30/h4-18,20H,3,19H2,1-2H3/b14-8+. The van der Waals surface area contributed by atoms with Gasteiger partial charge in [0.15, 0.2) is 17.3 Å². The van der Waals surface area contributed by atoms with Crippen molar-refractivity contribution in [1.82, 2.24) is 9.55 Å². The third kappa shape index (κ3) is 5.53. The van der Waals surface area contributed by atoms with Crippen LogP contribution in [0.4, 0.5) is 0 Å². The molecule has 0 saturated heterocycles. The molecule has 0 aliphatic rings. The van der Waals surface area contributed by atoms with Gasteiger partial charge in [-0.3, -0.25) is 4.79 Å². The Hall–Kier alpha value is -4.32. The highest BCUT2D eigenvalue weighted by atomic mass is 16.5. The Balaban J connectivity index is 1.46. The summed E-state index contributed by atoms with van der Waals surface area (Å²) in [6, 6.07) is 20.7. The summed E-state index contributed by atoms with van der Waals surface area (Å²) in [5.74, 6) is 2.01. The van der Waals surface area contributed by atoms with E-state index in [2.05, 4.69) is 4.98 Å². The van der Waals surface area contributed by atoms with Gasteiger partial charge in [-0.2, -0.15) is 0 Å². The van der Waals surface area contributed by atoms with E-state index < -0.39 is 0 Å². The summed E-state index contributed by atoms with van der Waals surface area (Å²) in [4.78, 5) is 16.7. The van der Waals surface area contributed by atoms with E-state index in [0.29, 0.717) is 36.0 Å². The SMILES string of the molecule is CCOc1ccccc1OCc1cc(/C=C/C(=O)c2ccc(-n3ccnc3)cc2)ccc1OC. The van der Waals surface area contributed by atoms with Crippen LogP contribution in [0.1, 0.15) is 28.4 Å². The molecule has 172 valence electrons. The van der Waals surface area contributed by atoms with Crippen molar-refractivity contribution in [3.63, 3.8) is 0 Å². The number of ether oxygens (including phenoxy) is 3. The summed E-state index contributed by atoms with van der Waals surface area (Å²) in [7, 11) is 1.62. The first-order valence-electron chi connectivity index (χ1n) is 11.0. The predicted molar refractivity (Wildman–Crippen MR) is 132 cm³/mol. The largest absolute Gasteiger partial charge is 0.496 e. The number of aromatic nitrogens is 2. The molecule has 3 aromatic carbocycles. The van der Waals surface area contributed by atoms with Crippen LogP contribution < -0.4 is 14.2 Å². The van der Waals surface area contributed by atoms with Crippen molar-refractivity contribution in [3.8, 4) is 22.9 Å². The van der Waals surface area contributed by atoms with Crippen LogP contribution in [-0.2, 0) is 6.61 Å². The molecule has 34 heavy (non-hydrogen) atoms. The lowest BCUT2D eigenvalue weighted by Crippen LogP contribution is -2.01. The number of carbonyl (C=O) groups is 1. The molecule has 6 nitrogen and oxygen atoms in total. The van der Waals surface area contributed by atoms with E-state index in [1.54, 1.807) is 31.8 Å². The van der Waals surface area contributed by atoms with E-state index >= 15 is 0 Å². The van der Waals surface area contributed by atoms with Gasteiger partial charge >= 0.3 is 0 Å². The molecular weight excluding hydrogens is 428 g/mol. The number of carbonyl (C=O) groups excluding carboxylic acids is 1. The molecule has 4 rings (SSSR count). The summed E-state index contributed by atoms with van der Waals surface area (Å²) < 4.78 is 19.0.